The number of carboxylic acid groups (broad SMARTS) is 1. The Kier molecular flexibility index (Phi) is 10.7. The van der Waals surface area contributed by atoms with E-state index in [1.807, 2.05) is 36.5 Å². The molecule has 4 rings (SSSR count). The SMILES string of the molecule is COc1ccc2nccc(CCC[C@@H]3CCN(CCCCc4cccc(Cl)c4Cl)C[C@@H]3CCC(=O)O)c2c1. The summed E-state index contributed by atoms with van der Waals surface area (Å²) in [7, 11) is 1.69. The first-order valence-corrected chi connectivity index (χ1v) is 14.5. The highest BCUT2D eigenvalue weighted by atomic mass is 35.5. The summed E-state index contributed by atoms with van der Waals surface area (Å²) in [5.41, 5.74) is 3.40. The van der Waals surface area contributed by atoms with E-state index in [4.69, 9.17) is 27.9 Å². The Bertz CT molecular complexity index is 1220. The largest absolute Gasteiger partial charge is 0.497 e. The van der Waals surface area contributed by atoms with Gasteiger partial charge in [-0.1, -0.05) is 35.3 Å². The number of aromatic nitrogens is 1. The number of fused-ring (bicyclic) bond motifs is 1. The zero-order valence-electron chi connectivity index (χ0n) is 22.2. The summed E-state index contributed by atoms with van der Waals surface area (Å²) >= 11 is 12.5. The molecule has 2 atom stereocenters. The summed E-state index contributed by atoms with van der Waals surface area (Å²) in [4.78, 5) is 18.4. The first-order valence-electron chi connectivity index (χ1n) is 13.7. The molecule has 204 valence electrons. The number of aryl methyl sites for hydroxylation is 2. The molecule has 3 aromatic rings. The third kappa shape index (κ3) is 7.84. The minimum absolute atomic E-state index is 0.247. The smallest absolute Gasteiger partial charge is 0.303 e. The van der Waals surface area contributed by atoms with E-state index in [-0.39, 0.29) is 6.42 Å². The number of ether oxygens (including phenoxy) is 1. The van der Waals surface area contributed by atoms with E-state index < -0.39 is 5.97 Å². The molecule has 1 fully saturated rings. The molecule has 0 radical (unpaired) electrons. The molecule has 1 saturated heterocycles. The van der Waals surface area contributed by atoms with Crippen LogP contribution in [0.3, 0.4) is 0 Å². The number of hydrogen-bond donors (Lipinski definition) is 1. The molecule has 38 heavy (non-hydrogen) atoms. The lowest BCUT2D eigenvalue weighted by Gasteiger charge is -2.39. The Labute approximate surface area is 236 Å². The van der Waals surface area contributed by atoms with Gasteiger partial charge in [0.25, 0.3) is 0 Å². The van der Waals surface area contributed by atoms with Crippen LogP contribution >= 0.6 is 23.2 Å². The van der Waals surface area contributed by atoms with E-state index in [1.165, 1.54) is 5.56 Å². The lowest BCUT2D eigenvalue weighted by atomic mass is 9.79. The molecule has 1 aromatic heterocycles. The van der Waals surface area contributed by atoms with Gasteiger partial charge < -0.3 is 14.7 Å². The number of pyridine rings is 1. The molecule has 5 nitrogen and oxygen atoms in total. The summed E-state index contributed by atoms with van der Waals surface area (Å²) in [5, 5.41) is 11.8. The van der Waals surface area contributed by atoms with Gasteiger partial charge in [0, 0.05) is 24.5 Å². The number of methoxy groups -OCH3 is 1. The van der Waals surface area contributed by atoms with Crippen molar-refractivity contribution in [2.75, 3.05) is 26.7 Å². The Morgan fingerprint density at radius 3 is 2.71 bits per heavy atom. The quantitative estimate of drug-likeness (QED) is 0.218. The van der Waals surface area contributed by atoms with Crippen molar-refractivity contribution in [3.05, 3.63) is 69.8 Å². The first kappa shape index (κ1) is 28.7. The Hall–Kier alpha value is -2.34. The molecule has 0 amide bonds. The molecule has 0 unspecified atom stereocenters. The molecular weight excluding hydrogens is 519 g/mol. The lowest BCUT2D eigenvalue weighted by Crippen LogP contribution is -2.41. The average Bonchev–Trinajstić information content (AvgIpc) is 2.92. The van der Waals surface area contributed by atoms with Crippen LogP contribution in [0.25, 0.3) is 10.9 Å². The molecule has 0 bridgehead atoms. The molecule has 1 aliphatic rings. The van der Waals surface area contributed by atoms with Gasteiger partial charge in [0.2, 0.25) is 0 Å². The second kappa shape index (κ2) is 14.2. The predicted octanol–water partition coefficient (Wildman–Crippen LogP) is 7.70. The van der Waals surface area contributed by atoms with Crippen molar-refractivity contribution in [2.45, 2.75) is 57.8 Å². The zero-order chi connectivity index (χ0) is 26.9. The maximum absolute atomic E-state index is 11.4. The number of likely N-dealkylation sites (tertiary alicyclic amines) is 1. The molecule has 0 saturated carbocycles. The van der Waals surface area contributed by atoms with Crippen LogP contribution in [-0.4, -0.2) is 47.7 Å². The van der Waals surface area contributed by atoms with Gasteiger partial charge in [-0.15, -0.1) is 0 Å². The van der Waals surface area contributed by atoms with E-state index in [2.05, 4.69) is 22.0 Å². The van der Waals surface area contributed by atoms with E-state index in [9.17, 15) is 9.90 Å². The Morgan fingerprint density at radius 2 is 1.89 bits per heavy atom. The van der Waals surface area contributed by atoms with Crippen LogP contribution in [0.1, 0.15) is 56.1 Å². The van der Waals surface area contributed by atoms with Gasteiger partial charge in [0.05, 0.1) is 22.7 Å². The monoisotopic (exact) mass is 556 g/mol. The maximum atomic E-state index is 11.4. The molecule has 1 N–H and O–H groups in total. The van der Waals surface area contributed by atoms with Crippen molar-refractivity contribution in [2.24, 2.45) is 11.8 Å². The number of carbonyl (C=O) groups is 1. The fourth-order valence-corrected chi connectivity index (χ4v) is 6.26. The van der Waals surface area contributed by atoms with Crippen molar-refractivity contribution in [1.82, 2.24) is 9.88 Å². The normalized spacial score (nSPS) is 18.1. The molecule has 0 aliphatic carbocycles. The van der Waals surface area contributed by atoms with Gasteiger partial charge in [-0.25, -0.2) is 0 Å². The third-order valence-corrected chi connectivity index (χ3v) is 8.82. The number of rotatable bonds is 13. The molecule has 1 aliphatic heterocycles. The highest BCUT2D eigenvalue weighted by Gasteiger charge is 2.29. The number of unbranched alkanes of at least 4 members (excludes halogenated alkanes) is 1. The van der Waals surface area contributed by atoms with E-state index in [1.54, 1.807) is 7.11 Å². The number of hydrogen-bond acceptors (Lipinski definition) is 4. The number of halogens is 2. The second-order valence-electron chi connectivity index (χ2n) is 10.5. The lowest BCUT2D eigenvalue weighted by molar-refractivity contribution is -0.137. The highest BCUT2D eigenvalue weighted by Crippen LogP contribution is 2.33. The fraction of sp³-hybridized carbons (Fsp3) is 0.484. The number of benzene rings is 2. The summed E-state index contributed by atoms with van der Waals surface area (Å²) in [6.45, 7) is 3.12. The summed E-state index contributed by atoms with van der Waals surface area (Å²) in [5.74, 6) is 1.15. The van der Waals surface area contributed by atoms with E-state index >= 15 is 0 Å². The zero-order valence-corrected chi connectivity index (χ0v) is 23.7. The standard InChI is InChI=1S/C31H38Cl2N2O3/c1-38-26-12-13-29-27(20-26)23(15-17-34-29)8-4-7-22-16-19-35(21-25(22)11-14-30(36)37)18-3-2-6-24-9-5-10-28(32)31(24)33/h5,9-10,12-13,15,17,20,22,25H,2-4,6-8,11,14,16,18-19,21H2,1H3,(H,36,37)/t22-,25+/m1/s1. The van der Waals surface area contributed by atoms with Gasteiger partial charge in [0.15, 0.2) is 0 Å². The number of nitrogens with zero attached hydrogens (tertiary/aromatic N) is 2. The van der Waals surface area contributed by atoms with Gasteiger partial charge in [-0.05, 0) is 118 Å². The van der Waals surface area contributed by atoms with Crippen molar-refractivity contribution < 1.29 is 14.6 Å². The molecular formula is C31H38Cl2N2O3. The van der Waals surface area contributed by atoms with Gasteiger partial charge >= 0.3 is 5.97 Å². The Balaban J connectivity index is 1.28. The van der Waals surface area contributed by atoms with Crippen LogP contribution < -0.4 is 4.74 Å². The van der Waals surface area contributed by atoms with Gasteiger partial charge in [-0.2, -0.15) is 0 Å². The number of carboxylic acids is 1. The summed E-state index contributed by atoms with van der Waals surface area (Å²) in [6, 6.07) is 14.0. The molecule has 2 heterocycles. The van der Waals surface area contributed by atoms with Crippen LogP contribution in [0.5, 0.6) is 5.75 Å². The average molecular weight is 558 g/mol. The summed E-state index contributed by atoms with van der Waals surface area (Å²) < 4.78 is 5.42. The predicted molar refractivity (Wildman–Crippen MR) is 156 cm³/mol. The van der Waals surface area contributed by atoms with Crippen LogP contribution in [-0.2, 0) is 17.6 Å². The van der Waals surface area contributed by atoms with Crippen LogP contribution in [0, 0.1) is 11.8 Å². The molecule has 7 heteroatoms. The van der Waals surface area contributed by atoms with Crippen molar-refractivity contribution in [3.63, 3.8) is 0 Å². The number of aliphatic carboxylic acids is 1. The topological polar surface area (TPSA) is 62.7 Å². The first-order chi connectivity index (χ1) is 18.4. The van der Waals surface area contributed by atoms with Gasteiger partial charge in [-0.3, -0.25) is 9.78 Å². The van der Waals surface area contributed by atoms with Crippen LogP contribution in [0.15, 0.2) is 48.7 Å². The van der Waals surface area contributed by atoms with E-state index in [0.717, 1.165) is 93.2 Å². The highest BCUT2D eigenvalue weighted by molar-refractivity contribution is 6.42. The van der Waals surface area contributed by atoms with Crippen LogP contribution in [0.2, 0.25) is 10.0 Å². The van der Waals surface area contributed by atoms with Crippen molar-refractivity contribution in [3.8, 4) is 5.75 Å². The van der Waals surface area contributed by atoms with Gasteiger partial charge in [0.1, 0.15) is 5.75 Å². The Morgan fingerprint density at radius 1 is 1.05 bits per heavy atom. The number of piperidine rings is 1. The van der Waals surface area contributed by atoms with Crippen molar-refractivity contribution in [1.29, 1.82) is 0 Å². The minimum Gasteiger partial charge on any atom is -0.497 e. The van der Waals surface area contributed by atoms with E-state index in [0.29, 0.717) is 21.9 Å². The minimum atomic E-state index is -0.698. The third-order valence-electron chi connectivity index (χ3n) is 7.97. The van der Waals surface area contributed by atoms with Crippen LogP contribution in [0.4, 0.5) is 0 Å². The maximum Gasteiger partial charge on any atom is 0.303 e. The second-order valence-corrected chi connectivity index (χ2v) is 11.2. The fourth-order valence-electron chi connectivity index (χ4n) is 5.85. The molecule has 2 aromatic carbocycles. The summed E-state index contributed by atoms with van der Waals surface area (Å²) in [6.07, 6.45) is 10.3. The molecule has 0 spiro atoms. The van der Waals surface area contributed by atoms with Crippen molar-refractivity contribution >= 4 is 40.1 Å².